The summed E-state index contributed by atoms with van der Waals surface area (Å²) in [6, 6.07) is 0. The predicted molar refractivity (Wildman–Crippen MR) is 113 cm³/mol. The number of aliphatic imine (C=N–C) groups is 1. The number of halogens is 1. The molecule has 1 aliphatic rings. The van der Waals surface area contributed by atoms with E-state index in [0.717, 1.165) is 19.0 Å². The summed E-state index contributed by atoms with van der Waals surface area (Å²) in [4.78, 5) is 4.79. The average Bonchev–Trinajstić information content (AvgIpc) is 2.93. The Morgan fingerprint density at radius 1 is 1.17 bits per heavy atom. The molecule has 6 heteroatoms. The quantitative estimate of drug-likeness (QED) is 0.349. The number of hydrogen-bond donors (Lipinski definition) is 2. The zero-order valence-electron chi connectivity index (χ0n) is 15.5. The van der Waals surface area contributed by atoms with Crippen molar-refractivity contribution in [1.82, 2.24) is 10.6 Å². The summed E-state index contributed by atoms with van der Waals surface area (Å²) < 4.78 is 11.9. The van der Waals surface area contributed by atoms with Crippen molar-refractivity contribution in [3.8, 4) is 0 Å². The lowest BCUT2D eigenvalue weighted by molar-refractivity contribution is 0.297. The van der Waals surface area contributed by atoms with Crippen LogP contribution >= 0.6 is 24.0 Å². The fourth-order valence-electron chi connectivity index (χ4n) is 2.91. The second-order valence-electron chi connectivity index (χ2n) is 7.34. The van der Waals surface area contributed by atoms with Crippen LogP contribution in [0.3, 0.4) is 0 Å². The van der Waals surface area contributed by atoms with Crippen LogP contribution in [0, 0.1) is 5.41 Å². The molecule has 1 aliphatic carbocycles. The fraction of sp³-hybridized carbons (Fsp3) is 0.941. The highest BCUT2D eigenvalue weighted by Crippen LogP contribution is 2.41. The first-order valence-electron chi connectivity index (χ1n) is 8.73. The Hall–Kier alpha value is 0.150. The third-order valence-corrected chi connectivity index (χ3v) is 6.53. The Balaban J connectivity index is 0.00000484. The van der Waals surface area contributed by atoms with Gasteiger partial charge in [-0.1, -0.05) is 19.8 Å². The summed E-state index contributed by atoms with van der Waals surface area (Å²) in [6.07, 6.45) is 6.51. The third kappa shape index (κ3) is 8.18. The molecule has 1 atom stereocenters. The van der Waals surface area contributed by atoms with Crippen LogP contribution in [0.4, 0.5) is 0 Å². The van der Waals surface area contributed by atoms with Crippen LogP contribution in [0.1, 0.15) is 66.7 Å². The van der Waals surface area contributed by atoms with E-state index in [1.54, 1.807) is 0 Å². The molecule has 1 saturated carbocycles. The molecule has 0 amide bonds. The molecule has 1 rings (SSSR count). The van der Waals surface area contributed by atoms with Crippen LogP contribution in [0.5, 0.6) is 0 Å². The van der Waals surface area contributed by atoms with E-state index in [-0.39, 0.29) is 28.7 Å². The molecule has 138 valence electrons. The van der Waals surface area contributed by atoms with E-state index in [4.69, 9.17) is 4.99 Å². The number of rotatable bonds is 7. The maximum Gasteiger partial charge on any atom is 0.191 e. The highest BCUT2D eigenvalue weighted by atomic mass is 127. The summed E-state index contributed by atoms with van der Waals surface area (Å²) in [7, 11) is -0.819. The first-order valence-corrected chi connectivity index (χ1v) is 10.1. The minimum atomic E-state index is -0.819. The van der Waals surface area contributed by atoms with E-state index in [1.807, 2.05) is 20.8 Å². The molecule has 0 radical (unpaired) electrons. The van der Waals surface area contributed by atoms with Crippen molar-refractivity contribution in [1.29, 1.82) is 0 Å². The molecule has 0 spiro atoms. The largest absolute Gasteiger partial charge is 0.357 e. The maximum atomic E-state index is 12.1. The van der Waals surface area contributed by atoms with E-state index < -0.39 is 10.8 Å². The van der Waals surface area contributed by atoms with E-state index >= 15 is 0 Å². The fourth-order valence-corrected chi connectivity index (χ4v) is 3.81. The van der Waals surface area contributed by atoms with Crippen molar-refractivity contribution in [3.63, 3.8) is 0 Å². The number of guanidine groups is 1. The highest BCUT2D eigenvalue weighted by molar-refractivity contribution is 14.0. The second kappa shape index (κ2) is 10.9. The Bertz CT molecular complexity index is 388. The Morgan fingerprint density at radius 3 is 2.26 bits per heavy atom. The minimum absolute atomic E-state index is 0. The maximum absolute atomic E-state index is 12.1. The summed E-state index contributed by atoms with van der Waals surface area (Å²) >= 11 is 0. The first-order chi connectivity index (χ1) is 10.3. The summed E-state index contributed by atoms with van der Waals surface area (Å²) in [5, 5.41) is 6.64. The summed E-state index contributed by atoms with van der Waals surface area (Å²) in [5.41, 5.74) is 0.413. The van der Waals surface area contributed by atoms with E-state index in [1.165, 1.54) is 32.1 Å². The molecule has 0 bridgehead atoms. The van der Waals surface area contributed by atoms with Crippen molar-refractivity contribution in [2.75, 3.05) is 25.4 Å². The van der Waals surface area contributed by atoms with Gasteiger partial charge in [-0.15, -0.1) is 24.0 Å². The molecule has 0 heterocycles. The van der Waals surface area contributed by atoms with Crippen LogP contribution in [0.25, 0.3) is 0 Å². The van der Waals surface area contributed by atoms with Gasteiger partial charge in [-0.25, -0.2) is 0 Å². The molecule has 0 aliphatic heterocycles. The Labute approximate surface area is 162 Å². The summed E-state index contributed by atoms with van der Waals surface area (Å²) in [5.74, 6) is 1.53. The normalized spacial score (nSPS) is 19.1. The van der Waals surface area contributed by atoms with Gasteiger partial charge in [-0.2, -0.15) is 0 Å². The highest BCUT2D eigenvalue weighted by Gasteiger charge is 2.31. The van der Waals surface area contributed by atoms with Crippen molar-refractivity contribution < 1.29 is 4.21 Å². The zero-order chi connectivity index (χ0) is 16.6. The first kappa shape index (κ1) is 23.1. The average molecular weight is 457 g/mol. The molecule has 0 aromatic heterocycles. The third-order valence-electron chi connectivity index (χ3n) is 4.59. The van der Waals surface area contributed by atoms with Crippen LogP contribution in [-0.2, 0) is 10.8 Å². The van der Waals surface area contributed by atoms with Gasteiger partial charge >= 0.3 is 0 Å². The van der Waals surface area contributed by atoms with Gasteiger partial charge in [0, 0.05) is 40.9 Å². The molecule has 0 saturated heterocycles. The van der Waals surface area contributed by atoms with Crippen LogP contribution in [0.2, 0.25) is 0 Å². The van der Waals surface area contributed by atoms with Gasteiger partial charge in [0.15, 0.2) is 5.96 Å². The van der Waals surface area contributed by atoms with E-state index in [9.17, 15) is 4.21 Å². The van der Waals surface area contributed by atoms with Gasteiger partial charge in [-0.05, 0) is 52.4 Å². The lowest BCUT2D eigenvalue weighted by Gasteiger charge is -2.25. The summed E-state index contributed by atoms with van der Waals surface area (Å²) in [6.45, 7) is 12.9. The van der Waals surface area contributed by atoms with Crippen LogP contribution in [-0.4, -0.2) is 40.3 Å². The van der Waals surface area contributed by atoms with Gasteiger partial charge in [0.05, 0.1) is 0 Å². The zero-order valence-corrected chi connectivity index (χ0v) is 18.7. The van der Waals surface area contributed by atoms with Crippen LogP contribution in [0.15, 0.2) is 4.99 Å². The Morgan fingerprint density at radius 2 is 1.78 bits per heavy atom. The van der Waals surface area contributed by atoms with Crippen molar-refractivity contribution in [2.24, 2.45) is 10.4 Å². The van der Waals surface area contributed by atoms with Gasteiger partial charge in [-0.3, -0.25) is 9.20 Å². The molecule has 23 heavy (non-hydrogen) atoms. The molecule has 1 unspecified atom stereocenters. The van der Waals surface area contributed by atoms with Gasteiger partial charge in [0.25, 0.3) is 0 Å². The molecule has 2 N–H and O–H groups in total. The molecular formula is C17H36IN3OS. The van der Waals surface area contributed by atoms with Gasteiger partial charge in [0.1, 0.15) is 0 Å². The number of hydrogen-bond acceptors (Lipinski definition) is 2. The molecule has 0 aromatic carbocycles. The topological polar surface area (TPSA) is 53.5 Å². The van der Waals surface area contributed by atoms with Crippen molar-refractivity contribution in [2.45, 2.75) is 71.5 Å². The van der Waals surface area contributed by atoms with E-state index in [0.29, 0.717) is 17.7 Å². The van der Waals surface area contributed by atoms with Crippen LogP contribution < -0.4 is 10.6 Å². The molecule has 1 fully saturated rings. The molecule has 0 aromatic rings. The van der Waals surface area contributed by atoms with E-state index in [2.05, 4.69) is 24.5 Å². The molecular weight excluding hydrogens is 421 g/mol. The number of nitrogens with zero attached hydrogens (tertiary/aromatic N) is 1. The lowest BCUT2D eigenvalue weighted by atomic mass is 9.84. The second-order valence-corrected chi connectivity index (χ2v) is 9.67. The lowest BCUT2D eigenvalue weighted by Crippen LogP contribution is -2.41. The monoisotopic (exact) mass is 457 g/mol. The van der Waals surface area contributed by atoms with Crippen molar-refractivity contribution >= 4 is 40.7 Å². The number of nitrogens with one attached hydrogen (secondary N) is 2. The minimum Gasteiger partial charge on any atom is -0.357 e. The SMILES string of the molecule is CCNC(=NCC1(CC)CCCC1)NCCS(=O)C(C)(C)C.I. The Kier molecular flexibility index (Phi) is 11.0. The standard InChI is InChI=1S/C17H35N3OS.HI/c1-6-17(10-8-9-11-17)14-20-15(18-7-2)19-12-13-22(21)16(3,4)5;/h6-14H2,1-5H3,(H2,18,19,20);1H. The van der Waals surface area contributed by atoms with Gasteiger partial charge in [0.2, 0.25) is 0 Å². The van der Waals surface area contributed by atoms with Gasteiger partial charge < -0.3 is 10.6 Å². The molecule has 4 nitrogen and oxygen atoms in total. The van der Waals surface area contributed by atoms with Crippen molar-refractivity contribution in [3.05, 3.63) is 0 Å². The predicted octanol–water partition coefficient (Wildman–Crippen LogP) is 3.68. The smallest absolute Gasteiger partial charge is 0.191 e.